The van der Waals surface area contributed by atoms with Crippen molar-refractivity contribution in [1.82, 2.24) is 5.32 Å². The highest BCUT2D eigenvalue weighted by atomic mass is 79.9. The molecule has 4 fully saturated rings. The van der Waals surface area contributed by atoms with Gasteiger partial charge in [0.2, 0.25) is 5.91 Å². The fourth-order valence-electron chi connectivity index (χ4n) is 5.36. The van der Waals surface area contributed by atoms with Crippen molar-refractivity contribution in [3.05, 3.63) is 0 Å². The highest BCUT2D eigenvalue weighted by Gasteiger charge is 2.51. The first-order chi connectivity index (χ1) is 9.19. The van der Waals surface area contributed by atoms with E-state index < -0.39 is 0 Å². The number of rotatable bonds is 6. The summed E-state index contributed by atoms with van der Waals surface area (Å²) in [6, 6.07) is 0. The molecule has 0 aromatic heterocycles. The fourth-order valence-corrected chi connectivity index (χ4v) is 5.75. The smallest absolute Gasteiger partial charge is 0.220 e. The van der Waals surface area contributed by atoms with Gasteiger partial charge in [-0.15, -0.1) is 0 Å². The Labute approximate surface area is 125 Å². The summed E-state index contributed by atoms with van der Waals surface area (Å²) in [7, 11) is 0. The zero-order valence-electron chi connectivity index (χ0n) is 11.8. The highest BCUT2D eigenvalue weighted by molar-refractivity contribution is 9.09. The maximum Gasteiger partial charge on any atom is 0.220 e. The van der Waals surface area contributed by atoms with Crippen LogP contribution in [0.25, 0.3) is 0 Å². The van der Waals surface area contributed by atoms with Gasteiger partial charge >= 0.3 is 0 Å². The first-order valence-electron chi connectivity index (χ1n) is 8.02. The largest absolute Gasteiger partial charge is 0.356 e. The molecule has 0 radical (unpaired) electrons. The zero-order valence-corrected chi connectivity index (χ0v) is 13.4. The van der Waals surface area contributed by atoms with Gasteiger partial charge < -0.3 is 5.32 Å². The summed E-state index contributed by atoms with van der Waals surface area (Å²) >= 11 is 3.43. The van der Waals surface area contributed by atoms with E-state index in [1.165, 1.54) is 38.5 Å². The monoisotopic (exact) mass is 327 g/mol. The molecule has 4 bridgehead atoms. The molecular formula is C16H26BrNO. The Morgan fingerprint density at radius 1 is 1.05 bits per heavy atom. The molecule has 0 atom stereocenters. The number of alkyl halides is 1. The van der Waals surface area contributed by atoms with E-state index in [4.69, 9.17) is 0 Å². The van der Waals surface area contributed by atoms with Gasteiger partial charge in [-0.25, -0.2) is 0 Å². The summed E-state index contributed by atoms with van der Waals surface area (Å²) in [6.45, 7) is 0.858. The van der Waals surface area contributed by atoms with E-state index in [9.17, 15) is 4.79 Å². The number of hydrogen-bond donors (Lipinski definition) is 1. The average molecular weight is 328 g/mol. The van der Waals surface area contributed by atoms with E-state index in [2.05, 4.69) is 21.2 Å². The van der Waals surface area contributed by atoms with Crippen LogP contribution in [0, 0.1) is 23.2 Å². The molecule has 0 aliphatic heterocycles. The first kappa shape index (κ1) is 13.9. The third kappa shape index (κ3) is 3.17. The predicted molar refractivity (Wildman–Crippen MR) is 81.3 cm³/mol. The second-order valence-corrected chi connectivity index (χ2v) is 8.13. The van der Waals surface area contributed by atoms with Gasteiger partial charge in [0.15, 0.2) is 0 Å². The van der Waals surface area contributed by atoms with E-state index >= 15 is 0 Å². The molecule has 0 unspecified atom stereocenters. The van der Waals surface area contributed by atoms with Crippen LogP contribution < -0.4 is 5.32 Å². The predicted octanol–water partition coefficient (Wildman–Crippen LogP) is 3.88. The summed E-state index contributed by atoms with van der Waals surface area (Å²) in [5.74, 6) is 3.17. The van der Waals surface area contributed by atoms with Gasteiger partial charge in [-0.3, -0.25) is 4.79 Å². The summed E-state index contributed by atoms with van der Waals surface area (Å²) < 4.78 is 0. The summed E-state index contributed by atoms with van der Waals surface area (Å²) in [4.78, 5) is 12.2. The molecular weight excluding hydrogens is 302 g/mol. The number of carbonyl (C=O) groups is 1. The lowest BCUT2D eigenvalue weighted by atomic mass is 9.49. The van der Waals surface area contributed by atoms with Crippen LogP contribution >= 0.6 is 15.9 Å². The van der Waals surface area contributed by atoms with Crippen LogP contribution in [0.5, 0.6) is 0 Å². The molecule has 4 aliphatic carbocycles. The van der Waals surface area contributed by atoms with E-state index in [0.29, 0.717) is 11.3 Å². The minimum atomic E-state index is 0.316. The van der Waals surface area contributed by atoms with Crippen molar-refractivity contribution < 1.29 is 4.79 Å². The van der Waals surface area contributed by atoms with Crippen molar-refractivity contribution in [1.29, 1.82) is 0 Å². The molecule has 19 heavy (non-hydrogen) atoms. The topological polar surface area (TPSA) is 29.1 Å². The molecule has 4 saturated carbocycles. The molecule has 0 aromatic carbocycles. The highest BCUT2D eigenvalue weighted by Crippen LogP contribution is 2.61. The van der Waals surface area contributed by atoms with Crippen LogP contribution in [0.2, 0.25) is 0 Å². The maximum atomic E-state index is 12.2. The van der Waals surface area contributed by atoms with Gasteiger partial charge in [-0.2, -0.15) is 0 Å². The minimum Gasteiger partial charge on any atom is -0.356 e. The van der Waals surface area contributed by atoms with Crippen molar-refractivity contribution in [2.45, 2.75) is 57.8 Å². The van der Waals surface area contributed by atoms with Gasteiger partial charge in [-0.05, 0) is 74.5 Å². The molecule has 1 amide bonds. The molecule has 0 spiro atoms. The van der Waals surface area contributed by atoms with E-state index in [1.807, 2.05) is 0 Å². The van der Waals surface area contributed by atoms with E-state index in [1.54, 1.807) is 0 Å². The quantitative estimate of drug-likeness (QED) is 0.582. The molecule has 0 aromatic rings. The number of nitrogens with one attached hydrogen (secondary N) is 1. The SMILES string of the molecule is O=C(CC12CC3CC(CC(C3)C1)C2)NCCCCBr. The van der Waals surface area contributed by atoms with Crippen molar-refractivity contribution in [3.63, 3.8) is 0 Å². The van der Waals surface area contributed by atoms with Crippen molar-refractivity contribution >= 4 is 21.8 Å². The fraction of sp³-hybridized carbons (Fsp3) is 0.938. The van der Waals surface area contributed by atoms with Gasteiger partial charge in [0.05, 0.1) is 0 Å². The molecule has 0 heterocycles. The van der Waals surface area contributed by atoms with Crippen molar-refractivity contribution in [2.24, 2.45) is 23.2 Å². The number of carbonyl (C=O) groups excluding carboxylic acids is 1. The third-order valence-electron chi connectivity index (χ3n) is 5.58. The molecule has 4 rings (SSSR count). The Balaban J connectivity index is 1.50. The molecule has 1 N–H and O–H groups in total. The Bertz CT molecular complexity index is 306. The average Bonchev–Trinajstić information content (AvgIpc) is 2.32. The van der Waals surface area contributed by atoms with Crippen LogP contribution in [0.3, 0.4) is 0 Å². The van der Waals surface area contributed by atoms with Crippen LogP contribution in [0.1, 0.15) is 57.8 Å². The molecule has 2 nitrogen and oxygen atoms in total. The Morgan fingerprint density at radius 2 is 1.63 bits per heavy atom. The standard InChI is InChI=1S/C16H26BrNO/c17-3-1-2-4-18-15(19)11-16-8-12-5-13(9-16)7-14(6-12)10-16/h12-14H,1-11H2,(H,18,19). The first-order valence-corrected chi connectivity index (χ1v) is 9.14. The van der Waals surface area contributed by atoms with Crippen LogP contribution in [-0.4, -0.2) is 17.8 Å². The normalized spacial score (nSPS) is 39.5. The van der Waals surface area contributed by atoms with Gasteiger partial charge in [0.25, 0.3) is 0 Å². The number of hydrogen-bond acceptors (Lipinski definition) is 1. The molecule has 0 saturated heterocycles. The zero-order chi connectivity index (χ0) is 13.3. The van der Waals surface area contributed by atoms with Crippen LogP contribution in [-0.2, 0) is 4.79 Å². The maximum absolute atomic E-state index is 12.2. The molecule has 3 heteroatoms. The lowest BCUT2D eigenvalue weighted by Crippen LogP contribution is -2.48. The summed E-state index contributed by atoms with van der Waals surface area (Å²) in [6.07, 6.45) is 11.5. The Hall–Kier alpha value is -0.0500. The van der Waals surface area contributed by atoms with Gasteiger partial charge in [-0.1, -0.05) is 15.9 Å². The summed E-state index contributed by atoms with van der Waals surface area (Å²) in [5, 5.41) is 4.17. The second-order valence-electron chi connectivity index (χ2n) is 7.34. The molecule has 4 aliphatic rings. The third-order valence-corrected chi connectivity index (χ3v) is 6.14. The van der Waals surface area contributed by atoms with Crippen molar-refractivity contribution in [3.8, 4) is 0 Å². The van der Waals surface area contributed by atoms with Gasteiger partial charge in [0, 0.05) is 18.3 Å². The van der Waals surface area contributed by atoms with Crippen LogP contribution in [0.15, 0.2) is 0 Å². The Morgan fingerprint density at radius 3 is 2.16 bits per heavy atom. The molecule has 108 valence electrons. The summed E-state index contributed by atoms with van der Waals surface area (Å²) in [5.41, 5.74) is 0.397. The number of halogens is 1. The second kappa shape index (κ2) is 5.75. The number of unbranched alkanes of at least 4 members (excludes halogenated alkanes) is 1. The Kier molecular flexibility index (Phi) is 4.21. The number of amides is 1. The lowest BCUT2D eigenvalue weighted by Gasteiger charge is -2.56. The van der Waals surface area contributed by atoms with E-state index in [0.717, 1.165) is 48.9 Å². The minimum absolute atomic E-state index is 0.316. The van der Waals surface area contributed by atoms with E-state index in [-0.39, 0.29) is 0 Å². The van der Waals surface area contributed by atoms with Crippen molar-refractivity contribution in [2.75, 3.05) is 11.9 Å². The van der Waals surface area contributed by atoms with Gasteiger partial charge in [0.1, 0.15) is 0 Å². The lowest BCUT2D eigenvalue weighted by molar-refractivity contribution is -0.129. The van der Waals surface area contributed by atoms with Crippen LogP contribution in [0.4, 0.5) is 0 Å².